The molecule has 1 N–H and O–H groups in total. The molecule has 7 heteroatoms. The molecule has 1 atom stereocenters. The van der Waals surface area contributed by atoms with Crippen molar-refractivity contribution in [3.63, 3.8) is 0 Å². The van der Waals surface area contributed by atoms with E-state index in [4.69, 9.17) is 5.11 Å². The first-order chi connectivity index (χ1) is 18.9. The van der Waals surface area contributed by atoms with Gasteiger partial charge >= 0.3 is 5.97 Å². The summed E-state index contributed by atoms with van der Waals surface area (Å²) in [4.78, 5) is 22.3. The molecular formula is C32H45N5O2. The second-order valence-corrected chi connectivity index (χ2v) is 8.70. The normalized spacial score (nSPS) is 13.0. The van der Waals surface area contributed by atoms with Gasteiger partial charge in [0.1, 0.15) is 6.67 Å². The lowest BCUT2D eigenvalue weighted by Gasteiger charge is -2.21. The average molecular weight is 532 g/mol. The molecule has 1 unspecified atom stereocenters. The van der Waals surface area contributed by atoms with Gasteiger partial charge in [-0.15, -0.1) is 0 Å². The predicted molar refractivity (Wildman–Crippen MR) is 166 cm³/mol. The van der Waals surface area contributed by atoms with Crippen molar-refractivity contribution in [1.82, 2.24) is 14.7 Å². The van der Waals surface area contributed by atoms with Gasteiger partial charge in [-0.3, -0.25) is 14.7 Å². The Morgan fingerprint density at radius 3 is 2.64 bits per heavy atom. The summed E-state index contributed by atoms with van der Waals surface area (Å²) >= 11 is 0. The molecule has 0 saturated heterocycles. The molecule has 0 spiro atoms. The molecule has 1 aromatic carbocycles. The van der Waals surface area contributed by atoms with Crippen LogP contribution < -0.4 is 0 Å². The molecule has 0 aliphatic rings. The Balaban J connectivity index is 0.00000371. The van der Waals surface area contributed by atoms with Crippen LogP contribution in [0.3, 0.4) is 0 Å². The Hall–Kier alpha value is -3.84. The Kier molecular flexibility index (Phi) is 17.2. The van der Waals surface area contributed by atoms with E-state index >= 15 is 0 Å². The number of carboxylic acid groups (broad SMARTS) is 1. The van der Waals surface area contributed by atoms with E-state index < -0.39 is 5.97 Å². The predicted octanol–water partition coefficient (Wildman–Crippen LogP) is 7.15. The van der Waals surface area contributed by atoms with Crippen molar-refractivity contribution in [2.75, 3.05) is 19.6 Å². The molecule has 2 aromatic rings. The van der Waals surface area contributed by atoms with E-state index in [1.165, 1.54) is 5.56 Å². The van der Waals surface area contributed by atoms with Crippen LogP contribution in [0.4, 0.5) is 5.82 Å². The average Bonchev–Trinajstić information content (AvgIpc) is 3.31. The van der Waals surface area contributed by atoms with Gasteiger partial charge in [-0.25, -0.2) is 9.67 Å². The lowest BCUT2D eigenvalue weighted by Crippen LogP contribution is -2.28. The van der Waals surface area contributed by atoms with Gasteiger partial charge in [0.25, 0.3) is 0 Å². The van der Waals surface area contributed by atoms with Gasteiger partial charge in [-0.05, 0) is 43.6 Å². The van der Waals surface area contributed by atoms with Gasteiger partial charge in [0.15, 0.2) is 5.82 Å². The number of rotatable bonds is 16. The fourth-order valence-corrected chi connectivity index (χ4v) is 3.42. The van der Waals surface area contributed by atoms with E-state index in [9.17, 15) is 4.79 Å². The quantitative estimate of drug-likeness (QED) is 0.184. The molecule has 7 nitrogen and oxygen atoms in total. The summed E-state index contributed by atoms with van der Waals surface area (Å²) in [6, 6.07) is 12.1. The smallest absolute Gasteiger partial charge is 0.306 e. The number of carbonyl (C=O) groups is 1. The molecule has 0 bridgehead atoms. The van der Waals surface area contributed by atoms with Crippen molar-refractivity contribution in [2.45, 2.75) is 54.1 Å². The molecule has 1 aromatic heterocycles. The van der Waals surface area contributed by atoms with Crippen LogP contribution in [-0.2, 0) is 11.5 Å². The van der Waals surface area contributed by atoms with Gasteiger partial charge in [0.05, 0.1) is 11.6 Å². The summed E-state index contributed by atoms with van der Waals surface area (Å²) in [5.74, 6) is -0.321. The van der Waals surface area contributed by atoms with E-state index in [-0.39, 0.29) is 5.92 Å². The van der Waals surface area contributed by atoms with Crippen LogP contribution >= 0.6 is 0 Å². The van der Waals surface area contributed by atoms with E-state index in [1.54, 1.807) is 17.8 Å². The molecule has 39 heavy (non-hydrogen) atoms. The maximum atomic E-state index is 11.0. The zero-order chi connectivity index (χ0) is 28.9. The second kappa shape index (κ2) is 20.2. The standard InChI is InChI=1S/C30H39N5O2.C2H6/c1-5-27(23-34(6-2)21-18-25(3)30(36)37)14-10-12-19-31-24-35-29(22-26(4)33-35)32-20-13-11-17-28-15-8-7-9-16-28;1-2/h5,7-12,14-17,19-20,22,25H,1,6,13,18,21,23-24H2,2-4H3,(H,36,37);1-2H3/b12-10+,17-11+,27-14+,31-19+,32-20-;. The van der Waals surface area contributed by atoms with Crippen molar-refractivity contribution in [1.29, 1.82) is 0 Å². The van der Waals surface area contributed by atoms with Gasteiger partial charge in [-0.1, -0.05) is 95.0 Å². The summed E-state index contributed by atoms with van der Waals surface area (Å²) in [5, 5.41) is 13.6. The number of allylic oxidation sites excluding steroid dienone is 4. The number of aliphatic carboxylic acids is 1. The Morgan fingerprint density at radius 1 is 1.23 bits per heavy atom. The van der Waals surface area contributed by atoms with Crippen LogP contribution in [0, 0.1) is 12.8 Å². The monoisotopic (exact) mass is 531 g/mol. The molecule has 1 heterocycles. The third kappa shape index (κ3) is 14.0. The zero-order valence-corrected chi connectivity index (χ0v) is 24.2. The molecule has 210 valence electrons. The Morgan fingerprint density at radius 2 is 1.97 bits per heavy atom. The fraction of sp³-hybridized carbons (Fsp3) is 0.375. The first-order valence-corrected chi connectivity index (χ1v) is 13.6. The van der Waals surface area contributed by atoms with Crippen LogP contribution in [-0.4, -0.2) is 57.8 Å². The number of nitrogens with zero attached hydrogens (tertiary/aromatic N) is 5. The maximum absolute atomic E-state index is 11.0. The van der Waals surface area contributed by atoms with Gasteiger partial charge < -0.3 is 5.11 Å². The van der Waals surface area contributed by atoms with E-state index in [0.29, 0.717) is 13.1 Å². The maximum Gasteiger partial charge on any atom is 0.306 e. The third-order valence-electron chi connectivity index (χ3n) is 5.70. The van der Waals surface area contributed by atoms with Gasteiger partial charge in [0.2, 0.25) is 0 Å². The SMILES string of the molecule is C=C\C(=C/C=C/C=N/Cn1nc(C)cc1/N=C\C/C=C/c1ccccc1)CN(CC)CCC(C)C(=O)O.CC. The third-order valence-corrected chi connectivity index (χ3v) is 5.70. The number of aryl methyl sites for hydroxylation is 1. The molecular weight excluding hydrogens is 486 g/mol. The highest BCUT2D eigenvalue weighted by Crippen LogP contribution is 2.14. The molecule has 0 saturated carbocycles. The highest BCUT2D eigenvalue weighted by molar-refractivity contribution is 5.71. The summed E-state index contributed by atoms with van der Waals surface area (Å²) in [6.07, 6.45) is 16.8. The van der Waals surface area contributed by atoms with E-state index in [1.807, 2.05) is 75.6 Å². The number of aliphatic imine (C=N–C) groups is 2. The lowest BCUT2D eigenvalue weighted by atomic mass is 10.1. The van der Waals surface area contributed by atoms with Crippen LogP contribution in [0.1, 0.15) is 51.8 Å². The highest BCUT2D eigenvalue weighted by Gasteiger charge is 2.12. The number of hydrogen-bond donors (Lipinski definition) is 1. The molecule has 2 rings (SSSR count). The number of aromatic nitrogens is 2. The van der Waals surface area contributed by atoms with Crippen LogP contribution in [0.25, 0.3) is 6.08 Å². The van der Waals surface area contributed by atoms with Crippen LogP contribution in [0.2, 0.25) is 0 Å². The molecule has 0 fully saturated rings. The zero-order valence-electron chi connectivity index (χ0n) is 24.2. The second-order valence-electron chi connectivity index (χ2n) is 8.70. The van der Waals surface area contributed by atoms with Crippen molar-refractivity contribution in [3.05, 3.63) is 90.2 Å². The molecule has 0 amide bonds. The fourth-order valence-electron chi connectivity index (χ4n) is 3.42. The molecule has 0 radical (unpaired) electrons. The minimum Gasteiger partial charge on any atom is -0.481 e. The summed E-state index contributed by atoms with van der Waals surface area (Å²) in [6.45, 7) is 16.4. The minimum atomic E-state index is -0.752. The van der Waals surface area contributed by atoms with Gasteiger partial charge in [-0.2, -0.15) is 5.10 Å². The lowest BCUT2D eigenvalue weighted by molar-refractivity contribution is -0.141. The van der Waals surface area contributed by atoms with Crippen molar-refractivity contribution >= 4 is 30.3 Å². The first-order valence-electron chi connectivity index (χ1n) is 13.6. The van der Waals surface area contributed by atoms with Crippen molar-refractivity contribution in [2.24, 2.45) is 15.9 Å². The topological polar surface area (TPSA) is 83.1 Å². The number of hydrogen-bond acceptors (Lipinski definition) is 5. The Labute approximate surface area is 234 Å². The largest absolute Gasteiger partial charge is 0.481 e. The Bertz CT molecular complexity index is 1130. The van der Waals surface area contributed by atoms with E-state index in [0.717, 1.165) is 43.1 Å². The number of carboxylic acids is 1. The van der Waals surface area contributed by atoms with Crippen molar-refractivity contribution < 1.29 is 9.90 Å². The van der Waals surface area contributed by atoms with E-state index in [2.05, 4.69) is 57.8 Å². The van der Waals surface area contributed by atoms with Gasteiger partial charge in [0, 0.05) is 31.5 Å². The number of benzene rings is 1. The summed E-state index contributed by atoms with van der Waals surface area (Å²) in [5.41, 5.74) is 3.13. The molecule has 0 aliphatic carbocycles. The van der Waals surface area contributed by atoms with Crippen LogP contribution in [0.15, 0.2) is 88.9 Å². The number of likely N-dealkylation sites (N-methyl/N-ethyl adjacent to an activating group) is 1. The molecule has 0 aliphatic heterocycles. The van der Waals surface area contributed by atoms with Crippen LogP contribution in [0.5, 0.6) is 0 Å². The summed E-state index contributed by atoms with van der Waals surface area (Å²) in [7, 11) is 0. The minimum absolute atomic E-state index is 0.345. The highest BCUT2D eigenvalue weighted by atomic mass is 16.4. The first kappa shape index (κ1) is 33.2. The van der Waals surface area contributed by atoms with Crippen molar-refractivity contribution in [3.8, 4) is 0 Å². The summed E-state index contributed by atoms with van der Waals surface area (Å²) < 4.78 is 1.78.